The zero-order valence-corrected chi connectivity index (χ0v) is 9.66. The average Bonchev–Trinajstić information content (AvgIpc) is 2.17. The summed E-state index contributed by atoms with van der Waals surface area (Å²) in [5.74, 6) is -0.288. The minimum atomic E-state index is -0.288. The Kier molecular flexibility index (Phi) is 2.45. The molecule has 0 aliphatic heterocycles. The van der Waals surface area contributed by atoms with Gasteiger partial charge in [0, 0.05) is 17.0 Å². The summed E-state index contributed by atoms with van der Waals surface area (Å²) >= 11 is 9.05. The monoisotopic (exact) mass is 273 g/mol. The van der Waals surface area contributed by atoms with Crippen LogP contribution in [-0.2, 0) is 0 Å². The minimum absolute atomic E-state index is 0.288. The first-order valence-electron chi connectivity index (χ1n) is 4.00. The fourth-order valence-corrected chi connectivity index (χ4v) is 1.89. The van der Waals surface area contributed by atoms with Gasteiger partial charge in [0.1, 0.15) is 11.0 Å². The number of fused-ring (bicyclic) bond motifs is 1. The maximum atomic E-state index is 13.7. The number of nitrogens with zero attached hydrogens (tertiary/aromatic N) is 1. The Balaban J connectivity index is 2.98. The Labute approximate surface area is 94.0 Å². The van der Waals surface area contributed by atoms with Crippen molar-refractivity contribution >= 4 is 38.3 Å². The zero-order chi connectivity index (χ0) is 10.3. The van der Waals surface area contributed by atoms with Crippen molar-refractivity contribution in [3.8, 4) is 0 Å². The molecule has 4 heteroatoms. The van der Waals surface area contributed by atoms with Crippen LogP contribution in [0.2, 0.25) is 5.15 Å². The van der Waals surface area contributed by atoms with E-state index in [4.69, 9.17) is 11.6 Å². The van der Waals surface area contributed by atoms with Crippen molar-refractivity contribution in [3.63, 3.8) is 0 Å². The molecular formula is C10H6BrClFN. The third-order valence-electron chi connectivity index (χ3n) is 2.08. The van der Waals surface area contributed by atoms with Crippen molar-refractivity contribution in [2.24, 2.45) is 0 Å². The van der Waals surface area contributed by atoms with Gasteiger partial charge in [-0.2, -0.15) is 0 Å². The number of hydrogen-bond donors (Lipinski definition) is 0. The Morgan fingerprint density at radius 2 is 2.14 bits per heavy atom. The van der Waals surface area contributed by atoms with E-state index in [0.29, 0.717) is 20.4 Å². The molecule has 2 aromatic rings. The van der Waals surface area contributed by atoms with Gasteiger partial charge in [0.2, 0.25) is 0 Å². The second-order valence-corrected chi connectivity index (χ2v) is 4.17. The van der Waals surface area contributed by atoms with E-state index in [1.165, 1.54) is 6.20 Å². The first kappa shape index (κ1) is 9.87. The highest BCUT2D eigenvalue weighted by Gasteiger charge is 2.10. The van der Waals surface area contributed by atoms with Crippen LogP contribution in [0.15, 0.2) is 22.8 Å². The van der Waals surface area contributed by atoms with E-state index in [2.05, 4.69) is 20.9 Å². The Morgan fingerprint density at radius 1 is 1.43 bits per heavy atom. The SMILES string of the molecule is Cc1cc2c(Cl)nccc2c(F)c1Br. The van der Waals surface area contributed by atoms with E-state index in [-0.39, 0.29) is 5.82 Å². The second-order valence-electron chi connectivity index (χ2n) is 3.02. The van der Waals surface area contributed by atoms with Gasteiger partial charge in [-0.25, -0.2) is 9.37 Å². The van der Waals surface area contributed by atoms with E-state index >= 15 is 0 Å². The summed E-state index contributed by atoms with van der Waals surface area (Å²) in [6.07, 6.45) is 1.50. The summed E-state index contributed by atoms with van der Waals surface area (Å²) in [7, 11) is 0. The van der Waals surface area contributed by atoms with Crippen molar-refractivity contribution in [1.29, 1.82) is 0 Å². The van der Waals surface area contributed by atoms with Crippen LogP contribution in [0, 0.1) is 12.7 Å². The number of rotatable bonds is 0. The molecule has 0 fully saturated rings. The van der Waals surface area contributed by atoms with E-state index in [9.17, 15) is 4.39 Å². The Morgan fingerprint density at radius 3 is 2.86 bits per heavy atom. The molecule has 14 heavy (non-hydrogen) atoms. The van der Waals surface area contributed by atoms with E-state index in [1.807, 2.05) is 13.0 Å². The van der Waals surface area contributed by atoms with Crippen LogP contribution < -0.4 is 0 Å². The summed E-state index contributed by atoms with van der Waals surface area (Å²) in [4.78, 5) is 3.90. The summed E-state index contributed by atoms with van der Waals surface area (Å²) in [6, 6.07) is 3.43. The van der Waals surface area contributed by atoms with Gasteiger partial charge in [-0.1, -0.05) is 11.6 Å². The fourth-order valence-electron chi connectivity index (χ4n) is 1.35. The lowest BCUT2D eigenvalue weighted by molar-refractivity contribution is 0.632. The maximum Gasteiger partial charge on any atom is 0.145 e. The van der Waals surface area contributed by atoms with Crippen LogP contribution in [0.4, 0.5) is 4.39 Å². The van der Waals surface area contributed by atoms with Crippen LogP contribution >= 0.6 is 27.5 Å². The molecule has 0 N–H and O–H groups in total. The fraction of sp³-hybridized carbons (Fsp3) is 0.100. The molecule has 0 spiro atoms. The highest BCUT2D eigenvalue weighted by atomic mass is 79.9. The molecule has 0 bridgehead atoms. The normalized spacial score (nSPS) is 10.9. The summed E-state index contributed by atoms with van der Waals surface area (Å²) < 4.78 is 14.2. The number of hydrogen-bond acceptors (Lipinski definition) is 1. The van der Waals surface area contributed by atoms with E-state index in [1.54, 1.807) is 6.07 Å². The molecule has 72 valence electrons. The maximum absolute atomic E-state index is 13.7. The highest BCUT2D eigenvalue weighted by molar-refractivity contribution is 9.10. The third kappa shape index (κ3) is 1.41. The molecule has 1 aromatic carbocycles. The second kappa shape index (κ2) is 3.48. The summed E-state index contributed by atoms with van der Waals surface area (Å²) in [5.41, 5.74) is 0.810. The first-order valence-corrected chi connectivity index (χ1v) is 5.17. The van der Waals surface area contributed by atoms with E-state index < -0.39 is 0 Å². The number of halogens is 3. The van der Waals surface area contributed by atoms with E-state index in [0.717, 1.165) is 5.56 Å². The molecule has 0 aliphatic rings. The predicted octanol–water partition coefficient (Wildman–Crippen LogP) is 4.10. The molecule has 1 aromatic heterocycles. The Bertz CT molecular complexity index is 513. The molecule has 0 saturated heterocycles. The lowest BCUT2D eigenvalue weighted by atomic mass is 10.1. The van der Waals surface area contributed by atoms with Gasteiger partial charge in [0.15, 0.2) is 0 Å². The number of benzene rings is 1. The van der Waals surface area contributed by atoms with Crippen LogP contribution in [0.3, 0.4) is 0 Å². The van der Waals surface area contributed by atoms with Gasteiger partial charge in [-0.15, -0.1) is 0 Å². The highest BCUT2D eigenvalue weighted by Crippen LogP contribution is 2.30. The zero-order valence-electron chi connectivity index (χ0n) is 7.31. The van der Waals surface area contributed by atoms with Crippen molar-refractivity contribution < 1.29 is 4.39 Å². The largest absolute Gasteiger partial charge is 0.244 e. The van der Waals surface area contributed by atoms with Crippen LogP contribution in [0.1, 0.15) is 5.56 Å². The lowest BCUT2D eigenvalue weighted by Gasteiger charge is -2.05. The van der Waals surface area contributed by atoms with Gasteiger partial charge in [-0.3, -0.25) is 0 Å². The summed E-state index contributed by atoms with van der Waals surface area (Å²) in [5, 5.41) is 1.46. The third-order valence-corrected chi connectivity index (χ3v) is 3.35. The van der Waals surface area contributed by atoms with Gasteiger partial charge in [0.25, 0.3) is 0 Å². The molecule has 0 atom stereocenters. The molecule has 0 unspecified atom stereocenters. The standard InChI is InChI=1S/C10H6BrClFN/c1-5-4-7-6(9(13)8(5)11)2-3-14-10(7)12/h2-4H,1H3. The lowest BCUT2D eigenvalue weighted by Crippen LogP contribution is -1.88. The smallest absolute Gasteiger partial charge is 0.145 e. The topological polar surface area (TPSA) is 12.9 Å². The van der Waals surface area contributed by atoms with Crippen LogP contribution in [0.5, 0.6) is 0 Å². The van der Waals surface area contributed by atoms with Gasteiger partial charge >= 0.3 is 0 Å². The average molecular weight is 275 g/mol. The molecular weight excluding hydrogens is 268 g/mol. The van der Waals surface area contributed by atoms with Gasteiger partial charge in [0.05, 0.1) is 4.47 Å². The molecule has 0 aliphatic carbocycles. The number of pyridine rings is 1. The molecule has 1 nitrogen and oxygen atoms in total. The van der Waals surface area contributed by atoms with Crippen molar-refractivity contribution in [2.45, 2.75) is 6.92 Å². The van der Waals surface area contributed by atoms with Crippen LogP contribution in [-0.4, -0.2) is 4.98 Å². The molecule has 2 rings (SSSR count). The number of aromatic nitrogens is 1. The quantitative estimate of drug-likeness (QED) is 0.659. The van der Waals surface area contributed by atoms with Crippen molar-refractivity contribution in [3.05, 3.63) is 39.3 Å². The van der Waals surface area contributed by atoms with Crippen molar-refractivity contribution in [1.82, 2.24) is 4.98 Å². The Hall–Kier alpha value is -0.670. The predicted molar refractivity (Wildman–Crippen MR) is 59.1 cm³/mol. The molecule has 0 radical (unpaired) electrons. The van der Waals surface area contributed by atoms with Crippen LogP contribution in [0.25, 0.3) is 10.8 Å². The molecule has 0 saturated carbocycles. The van der Waals surface area contributed by atoms with Gasteiger partial charge < -0.3 is 0 Å². The van der Waals surface area contributed by atoms with Gasteiger partial charge in [-0.05, 0) is 40.5 Å². The number of aryl methyl sites for hydroxylation is 1. The summed E-state index contributed by atoms with van der Waals surface area (Å²) in [6.45, 7) is 1.82. The van der Waals surface area contributed by atoms with Crippen molar-refractivity contribution in [2.75, 3.05) is 0 Å². The first-order chi connectivity index (χ1) is 6.61. The molecule has 1 heterocycles. The minimum Gasteiger partial charge on any atom is -0.244 e. The molecule has 0 amide bonds.